The van der Waals surface area contributed by atoms with E-state index in [-0.39, 0.29) is 5.54 Å². The molecule has 5 heteroatoms. The second-order valence-corrected chi connectivity index (χ2v) is 6.23. The molecule has 120 valence electrons. The Morgan fingerprint density at radius 2 is 2.05 bits per heavy atom. The van der Waals surface area contributed by atoms with Gasteiger partial charge >= 0.3 is 0 Å². The van der Waals surface area contributed by atoms with E-state index in [0.717, 1.165) is 38.4 Å². The van der Waals surface area contributed by atoms with Crippen LogP contribution in [0.15, 0.2) is 6.33 Å². The zero-order chi connectivity index (χ0) is 15.3. The van der Waals surface area contributed by atoms with Crippen molar-refractivity contribution in [2.45, 2.75) is 78.0 Å². The van der Waals surface area contributed by atoms with Crippen LogP contribution in [-0.4, -0.2) is 44.3 Å². The van der Waals surface area contributed by atoms with E-state index >= 15 is 0 Å². The number of hydrogen-bond donors (Lipinski definition) is 1. The van der Waals surface area contributed by atoms with Crippen LogP contribution >= 0.6 is 0 Å². The molecule has 1 aromatic rings. The lowest BCUT2D eigenvalue weighted by atomic mass is 9.88. The van der Waals surface area contributed by atoms with Crippen molar-refractivity contribution in [3.63, 3.8) is 0 Å². The predicted molar refractivity (Wildman–Crippen MR) is 86.1 cm³/mol. The Balaban J connectivity index is 2.12. The fourth-order valence-corrected chi connectivity index (χ4v) is 3.34. The number of aryl methyl sites for hydroxylation is 1. The zero-order valence-electron chi connectivity index (χ0n) is 14.1. The molecule has 0 aromatic carbocycles. The molecule has 1 fully saturated rings. The van der Waals surface area contributed by atoms with Gasteiger partial charge in [-0.05, 0) is 25.7 Å². The molecule has 5 nitrogen and oxygen atoms in total. The maximum atomic E-state index is 4.49. The monoisotopic (exact) mass is 293 g/mol. The first-order valence-corrected chi connectivity index (χ1v) is 8.53. The van der Waals surface area contributed by atoms with Crippen LogP contribution in [0, 0.1) is 0 Å². The maximum Gasteiger partial charge on any atom is 0.141 e. The summed E-state index contributed by atoms with van der Waals surface area (Å²) >= 11 is 0. The molecule has 0 radical (unpaired) electrons. The number of nitrogens with zero attached hydrogens (tertiary/aromatic N) is 4. The van der Waals surface area contributed by atoms with Crippen LogP contribution in [0.2, 0.25) is 0 Å². The molecule has 21 heavy (non-hydrogen) atoms. The number of nitrogens with one attached hydrogen (secondary N) is 1. The summed E-state index contributed by atoms with van der Waals surface area (Å²) in [6, 6.07) is 0.600. The van der Waals surface area contributed by atoms with Crippen molar-refractivity contribution in [1.29, 1.82) is 0 Å². The molecule has 2 heterocycles. The van der Waals surface area contributed by atoms with Crippen LogP contribution in [0.25, 0.3) is 0 Å². The summed E-state index contributed by atoms with van der Waals surface area (Å²) in [5.74, 6) is 1.11. The van der Waals surface area contributed by atoms with E-state index in [1.807, 2.05) is 0 Å². The average molecular weight is 293 g/mol. The van der Waals surface area contributed by atoms with E-state index in [2.05, 4.69) is 52.7 Å². The Bertz CT molecular complexity index is 424. The SMILES string of the molecule is CCCn1ncnc1CN1CC(CC)(CC)NCC1CC. The smallest absolute Gasteiger partial charge is 0.141 e. The first-order valence-electron chi connectivity index (χ1n) is 8.53. The minimum absolute atomic E-state index is 0.265. The highest BCUT2D eigenvalue weighted by Gasteiger charge is 2.36. The minimum Gasteiger partial charge on any atom is -0.308 e. The lowest BCUT2D eigenvalue weighted by Crippen LogP contribution is -2.63. The highest BCUT2D eigenvalue weighted by molar-refractivity contribution is 4.98. The number of rotatable bonds is 7. The molecule has 0 spiro atoms. The van der Waals surface area contributed by atoms with Gasteiger partial charge in [-0.25, -0.2) is 9.67 Å². The molecule has 2 rings (SSSR count). The molecule has 1 unspecified atom stereocenters. The van der Waals surface area contributed by atoms with Gasteiger partial charge in [0.25, 0.3) is 0 Å². The summed E-state index contributed by atoms with van der Waals surface area (Å²) in [7, 11) is 0. The quantitative estimate of drug-likeness (QED) is 0.839. The summed E-state index contributed by atoms with van der Waals surface area (Å²) in [6.07, 6.45) is 6.33. The molecule has 1 saturated heterocycles. The standard InChI is InChI=1S/C16H31N5/c1-5-9-21-15(17-13-19-21)11-20-12-16(7-3,8-4)18-10-14(20)6-2/h13-14,18H,5-12H2,1-4H3. The van der Waals surface area contributed by atoms with E-state index in [4.69, 9.17) is 0 Å². The average Bonchev–Trinajstić information content (AvgIpc) is 2.95. The first-order chi connectivity index (χ1) is 10.2. The molecule has 1 aromatic heterocycles. The molecule has 1 aliphatic rings. The number of aromatic nitrogens is 3. The van der Waals surface area contributed by atoms with Crippen molar-refractivity contribution in [3.8, 4) is 0 Å². The van der Waals surface area contributed by atoms with Gasteiger partial charge in [0.15, 0.2) is 0 Å². The van der Waals surface area contributed by atoms with E-state index in [0.29, 0.717) is 6.04 Å². The molecule has 0 bridgehead atoms. The predicted octanol–water partition coefficient (Wildman–Crippen LogP) is 2.43. The van der Waals surface area contributed by atoms with Crippen molar-refractivity contribution in [2.75, 3.05) is 13.1 Å². The van der Waals surface area contributed by atoms with Gasteiger partial charge in [0.1, 0.15) is 12.2 Å². The van der Waals surface area contributed by atoms with Gasteiger partial charge in [-0.15, -0.1) is 0 Å². The van der Waals surface area contributed by atoms with Gasteiger partial charge in [-0.2, -0.15) is 5.10 Å². The van der Waals surface area contributed by atoms with Crippen LogP contribution in [0.4, 0.5) is 0 Å². The second-order valence-electron chi connectivity index (χ2n) is 6.23. The first kappa shape index (κ1) is 16.4. The molecular formula is C16H31N5. The summed E-state index contributed by atoms with van der Waals surface area (Å²) < 4.78 is 2.06. The summed E-state index contributed by atoms with van der Waals surface area (Å²) in [5.41, 5.74) is 0.265. The largest absolute Gasteiger partial charge is 0.308 e. The third-order valence-corrected chi connectivity index (χ3v) is 5.04. The van der Waals surface area contributed by atoms with E-state index < -0.39 is 0 Å². The number of piperazine rings is 1. The van der Waals surface area contributed by atoms with Crippen molar-refractivity contribution in [1.82, 2.24) is 25.0 Å². The van der Waals surface area contributed by atoms with Crippen molar-refractivity contribution in [2.24, 2.45) is 0 Å². The highest BCUT2D eigenvalue weighted by Crippen LogP contribution is 2.25. The Morgan fingerprint density at radius 3 is 2.67 bits per heavy atom. The third kappa shape index (κ3) is 3.64. The van der Waals surface area contributed by atoms with Gasteiger partial charge in [-0.1, -0.05) is 27.7 Å². The Morgan fingerprint density at radius 1 is 1.29 bits per heavy atom. The van der Waals surface area contributed by atoms with Gasteiger partial charge in [-0.3, -0.25) is 4.90 Å². The fraction of sp³-hybridized carbons (Fsp3) is 0.875. The van der Waals surface area contributed by atoms with Crippen LogP contribution in [-0.2, 0) is 13.1 Å². The topological polar surface area (TPSA) is 46.0 Å². The van der Waals surface area contributed by atoms with Crippen LogP contribution in [0.5, 0.6) is 0 Å². The second kappa shape index (κ2) is 7.36. The number of hydrogen-bond acceptors (Lipinski definition) is 4. The Labute approximate surface area is 129 Å². The Hall–Kier alpha value is -0.940. The van der Waals surface area contributed by atoms with Gasteiger partial charge in [0.2, 0.25) is 0 Å². The summed E-state index contributed by atoms with van der Waals surface area (Å²) in [6.45, 7) is 13.1. The molecule has 1 atom stereocenters. The van der Waals surface area contributed by atoms with Gasteiger partial charge < -0.3 is 5.32 Å². The normalized spacial score (nSPS) is 22.6. The van der Waals surface area contributed by atoms with Crippen molar-refractivity contribution in [3.05, 3.63) is 12.2 Å². The molecule has 1 aliphatic heterocycles. The van der Waals surface area contributed by atoms with E-state index in [1.54, 1.807) is 6.33 Å². The lowest BCUT2D eigenvalue weighted by Gasteiger charge is -2.47. The maximum absolute atomic E-state index is 4.49. The van der Waals surface area contributed by atoms with Crippen molar-refractivity contribution >= 4 is 0 Å². The van der Waals surface area contributed by atoms with E-state index in [1.165, 1.54) is 19.3 Å². The van der Waals surface area contributed by atoms with Gasteiger partial charge in [0.05, 0.1) is 6.54 Å². The van der Waals surface area contributed by atoms with Crippen LogP contribution < -0.4 is 5.32 Å². The van der Waals surface area contributed by atoms with E-state index in [9.17, 15) is 0 Å². The molecule has 0 aliphatic carbocycles. The Kier molecular flexibility index (Phi) is 5.76. The summed E-state index contributed by atoms with van der Waals surface area (Å²) in [5, 5.41) is 8.16. The zero-order valence-corrected chi connectivity index (χ0v) is 14.1. The minimum atomic E-state index is 0.265. The van der Waals surface area contributed by atoms with Crippen LogP contribution in [0.1, 0.15) is 59.2 Å². The molecule has 0 amide bonds. The summed E-state index contributed by atoms with van der Waals surface area (Å²) in [4.78, 5) is 7.10. The molecule has 1 N–H and O–H groups in total. The van der Waals surface area contributed by atoms with Crippen molar-refractivity contribution < 1.29 is 0 Å². The third-order valence-electron chi connectivity index (χ3n) is 5.04. The molecule has 0 saturated carbocycles. The van der Waals surface area contributed by atoms with Gasteiger partial charge in [0, 0.05) is 31.2 Å². The molecular weight excluding hydrogens is 262 g/mol. The lowest BCUT2D eigenvalue weighted by molar-refractivity contribution is 0.0610. The fourth-order valence-electron chi connectivity index (χ4n) is 3.34. The van der Waals surface area contributed by atoms with Crippen LogP contribution in [0.3, 0.4) is 0 Å². The highest BCUT2D eigenvalue weighted by atomic mass is 15.4.